The number of amides is 1. The van der Waals surface area contributed by atoms with Gasteiger partial charge in [-0.05, 0) is 53.6 Å². The summed E-state index contributed by atoms with van der Waals surface area (Å²) in [4.78, 5) is 21.9. The van der Waals surface area contributed by atoms with Gasteiger partial charge in [0.05, 0.1) is 17.2 Å². The zero-order chi connectivity index (χ0) is 19.8. The topological polar surface area (TPSA) is 87.0 Å². The molecular formula is C21H17BrN4O2. The van der Waals surface area contributed by atoms with E-state index >= 15 is 0 Å². The zero-order valence-electron chi connectivity index (χ0n) is 14.9. The molecule has 6 nitrogen and oxygen atoms in total. The number of nitriles is 1. The standard InChI is InChI=1S/C21H17BrN4O2/c22-19-6-5-16(12-23)11-17(19)14-28-26-21(27)18-3-1-2-4-20(18)25-13-15-7-9-24-10-8-15/h1-11,25H,13-14H2,(H,26,27). The molecule has 7 heteroatoms. The maximum atomic E-state index is 12.5. The number of benzene rings is 2. The van der Waals surface area contributed by atoms with E-state index in [4.69, 9.17) is 10.1 Å². The first-order valence-corrected chi connectivity index (χ1v) is 9.29. The van der Waals surface area contributed by atoms with Crippen LogP contribution in [0.3, 0.4) is 0 Å². The van der Waals surface area contributed by atoms with Gasteiger partial charge in [0.2, 0.25) is 0 Å². The first-order chi connectivity index (χ1) is 13.7. The molecule has 28 heavy (non-hydrogen) atoms. The summed E-state index contributed by atoms with van der Waals surface area (Å²) < 4.78 is 0.806. The number of rotatable bonds is 7. The number of pyridine rings is 1. The predicted molar refractivity (Wildman–Crippen MR) is 109 cm³/mol. The third-order valence-electron chi connectivity index (χ3n) is 3.97. The molecular weight excluding hydrogens is 420 g/mol. The molecule has 2 N–H and O–H groups in total. The maximum absolute atomic E-state index is 12.5. The number of hydrogen-bond donors (Lipinski definition) is 2. The number of carbonyl (C=O) groups is 1. The fourth-order valence-electron chi connectivity index (χ4n) is 2.52. The molecule has 2 aromatic carbocycles. The van der Waals surface area contributed by atoms with Gasteiger partial charge in [0.15, 0.2) is 0 Å². The molecule has 0 spiro atoms. The van der Waals surface area contributed by atoms with Crippen molar-refractivity contribution in [2.75, 3.05) is 5.32 Å². The Labute approximate surface area is 171 Å². The largest absolute Gasteiger partial charge is 0.380 e. The van der Waals surface area contributed by atoms with Crippen molar-refractivity contribution < 1.29 is 9.63 Å². The molecule has 0 bridgehead atoms. The summed E-state index contributed by atoms with van der Waals surface area (Å²) in [6.45, 7) is 0.704. The fourth-order valence-corrected chi connectivity index (χ4v) is 2.88. The first kappa shape index (κ1) is 19.5. The number of para-hydroxylation sites is 1. The van der Waals surface area contributed by atoms with E-state index in [9.17, 15) is 4.79 Å². The van der Waals surface area contributed by atoms with Crippen LogP contribution in [0.5, 0.6) is 0 Å². The molecule has 0 aliphatic carbocycles. The minimum atomic E-state index is -0.356. The molecule has 0 atom stereocenters. The summed E-state index contributed by atoms with van der Waals surface area (Å²) in [6.07, 6.45) is 3.45. The van der Waals surface area contributed by atoms with Crippen molar-refractivity contribution in [1.29, 1.82) is 5.26 Å². The highest BCUT2D eigenvalue weighted by molar-refractivity contribution is 9.10. The number of nitrogens with one attached hydrogen (secondary N) is 2. The normalized spacial score (nSPS) is 10.1. The van der Waals surface area contributed by atoms with Gasteiger partial charge in [-0.3, -0.25) is 14.6 Å². The molecule has 1 aromatic heterocycles. The van der Waals surface area contributed by atoms with E-state index in [1.54, 1.807) is 42.7 Å². The van der Waals surface area contributed by atoms with Crippen molar-refractivity contribution in [3.05, 3.63) is 93.7 Å². The first-order valence-electron chi connectivity index (χ1n) is 8.50. The van der Waals surface area contributed by atoms with Gasteiger partial charge in [0.25, 0.3) is 5.91 Å². The zero-order valence-corrected chi connectivity index (χ0v) is 16.4. The molecule has 0 saturated carbocycles. The van der Waals surface area contributed by atoms with Crippen molar-refractivity contribution in [2.45, 2.75) is 13.2 Å². The summed E-state index contributed by atoms with van der Waals surface area (Å²) >= 11 is 3.41. The van der Waals surface area contributed by atoms with E-state index in [2.05, 4.69) is 37.8 Å². The molecule has 140 valence electrons. The Kier molecular flexibility index (Phi) is 6.73. The number of anilines is 1. The molecule has 0 aliphatic heterocycles. The fraction of sp³-hybridized carbons (Fsp3) is 0.0952. The Hall–Kier alpha value is -3.21. The minimum absolute atomic E-state index is 0.133. The molecule has 0 radical (unpaired) electrons. The smallest absolute Gasteiger partial charge is 0.276 e. The summed E-state index contributed by atoms with van der Waals surface area (Å²) in [6, 6.07) is 18.3. The monoisotopic (exact) mass is 436 g/mol. The summed E-state index contributed by atoms with van der Waals surface area (Å²) in [5, 5.41) is 12.2. The van der Waals surface area contributed by atoms with Gasteiger partial charge >= 0.3 is 0 Å². The minimum Gasteiger partial charge on any atom is -0.380 e. The van der Waals surface area contributed by atoms with Crippen LogP contribution in [-0.4, -0.2) is 10.9 Å². The Bertz CT molecular complexity index is 1000. The van der Waals surface area contributed by atoms with Crippen LogP contribution >= 0.6 is 15.9 Å². The number of hydrogen-bond acceptors (Lipinski definition) is 5. The Morgan fingerprint density at radius 1 is 1.14 bits per heavy atom. The van der Waals surface area contributed by atoms with E-state index in [1.807, 2.05) is 24.3 Å². The van der Waals surface area contributed by atoms with Crippen molar-refractivity contribution in [2.24, 2.45) is 0 Å². The highest BCUT2D eigenvalue weighted by Crippen LogP contribution is 2.19. The van der Waals surface area contributed by atoms with Crippen LogP contribution in [0.1, 0.15) is 27.0 Å². The van der Waals surface area contributed by atoms with E-state index in [1.165, 1.54) is 0 Å². The molecule has 1 amide bonds. The maximum Gasteiger partial charge on any atom is 0.276 e. The highest BCUT2D eigenvalue weighted by Gasteiger charge is 2.11. The van der Waals surface area contributed by atoms with Crippen molar-refractivity contribution in [1.82, 2.24) is 10.5 Å². The lowest BCUT2D eigenvalue weighted by molar-refractivity contribution is 0.0232. The van der Waals surface area contributed by atoms with Gasteiger partial charge in [-0.15, -0.1) is 0 Å². The Morgan fingerprint density at radius 3 is 2.71 bits per heavy atom. The third-order valence-corrected chi connectivity index (χ3v) is 4.74. The van der Waals surface area contributed by atoms with E-state index in [0.29, 0.717) is 23.4 Å². The van der Waals surface area contributed by atoms with Crippen LogP contribution in [0.4, 0.5) is 5.69 Å². The molecule has 3 aromatic rings. The van der Waals surface area contributed by atoms with Gasteiger partial charge in [-0.25, -0.2) is 5.48 Å². The second-order valence-corrected chi connectivity index (χ2v) is 6.75. The van der Waals surface area contributed by atoms with Crippen molar-refractivity contribution in [3.63, 3.8) is 0 Å². The second kappa shape index (κ2) is 9.65. The van der Waals surface area contributed by atoms with Crippen molar-refractivity contribution in [3.8, 4) is 6.07 Å². The van der Waals surface area contributed by atoms with Crippen molar-refractivity contribution >= 4 is 27.5 Å². The summed E-state index contributed by atoms with van der Waals surface area (Å²) in [5.41, 5.74) is 5.99. The molecule has 0 saturated heterocycles. The SMILES string of the molecule is N#Cc1ccc(Br)c(CONC(=O)c2ccccc2NCc2ccncc2)c1. The van der Waals surface area contributed by atoms with Crippen LogP contribution < -0.4 is 10.8 Å². The lowest BCUT2D eigenvalue weighted by Crippen LogP contribution is -2.24. The van der Waals surface area contributed by atoms with E-state index in [0.717, 1.165) is 15.6 Å². The van der Waals surface area contributed by atoms with Crippen LogP contribution in [0.25, 0.3) is 0 Å². The van der Waals surface area contributed by atoms with Gasteiger partial charge in [0.1, 0.15) is 6.61 Å². The quantitative estimate of drug-likeness (QED) is 0.542. The molecule has 3 rings (SSSR count). The Morgan fingerprint density at radius 2 is 1.93 bits per heavy atom. The van der Waals surface area contributed by atoms with E-state index < -0.39 is 0 Å². The Balaban J connectivity index is 1.61. The van der Waals surface area contributed by atoms with Gasteiger partial charge in [-0.2, -0.15) is 5.26 Å². The average Bonchev–Trinajstić information content (AvgIpc) is 2.74. The third kappa shape index (κ3) is 5.16. The van der Waals surface area contributed by atoms with Gasteiger partial charge in [0, 0.05) is 29.1 Å². The number of halogens is 1. The van der Waals surface area contributed by atoms with Crippen LogP contribution in [0, 0.1) is 11.3 Å². The lowest BCUT2D eigenvalue weighted by Gasteiger charge is -2.12. The molecule has 0 unspecified atom stereocenters. The highest BCUT2D eigenvalue weighted by atomic mass is 79.9. The number of nitrogens with zero attached hydrogens (tertiary/aromatic N) is 2. The molecule has 0 aliphatic rings. The number of hydroxylamine groups is 1. The van der Waals surface area contributed by atoms with Gasteiger partial charge in [-0.1, -0.05) is 28.1 Å². The van der Waals surface area contributed by atoms with Crippen LogP contribution in [0.15, 0.2) is 71.5 Å². The molecule has 0 fully saturated rings. The number of carbonyl (C=O) groups excluding carboxylic acids is 1. The number of aromatic nitrogens is 1. The summed E-state index contributed by atoms with van der Waals surface area (Å²) in [5.74, 6) is -0.356. The lowest BCUT2D eigenvalue weighted by atomic mass is 10.1. The average molecular weight is 437 g/mol. The molecule has 1 heterocycles. The predicted octanol–water partition coefficient (Wildman–Crippen LogP) is 4.19. The summed E-state index contributed by atoms with van der Waals surface area (Å²) in [7, 11) is 0. The van der Waals surface area contributed by atoms with Crippen LogP contribution in [-0.2, 0) is 18.0 Å². The second-order valence-electron chi connectivity index (χ2n) is 5.89. The van der Waals surface area contributed by atoms with E-state index in [-0.39, 0.29) is 12.5 Å². The van der Waals surface area contributed by atoms with Crippen LogP contribution in [0.2, 0.25) is 0 Å². The van der Waals surface area contributed by atoms with Gasteiger partial charge < -0.3 is 5.32 Å².